The van der Waals surface area contributed by atoms with E-state index in [1.165, 1.54) is 17.8 Å². The van der Waals surface area contributed by atoms with E-state index in [9.17, 15) is 0 Å². The molecular weight excluding hydrogens is 258 g/mol. The first-order valence-corrected chi connectivity index (χ1v) is 6.84. The Balaban J connectivity index is 2.32. The summed E-state index contributed by atoms with van der Waals surface area (Å²) in [6.07, 6.45) is 0.873. The zero-order valence-corrected chi connectivity index (χ0v) is 11.5. The molecule has 1 heterocycles. The van der Waals surface area contributed by atoms with Crippen LogP contribution in [0, 0.1) is 0 Å². The standard InChI is InChI=1S/C13H17N5S/c1-2-9(14)8-5-3-4-6-10(8)19-13-17-11(15)7-12(16)18-13/h3-7,9H,2,14H2,1H3,(H4,15,16,17,18)/t9-/m0/s1. The van der Waals surface area contributed by atoms with Crippen molar-refractivity contribution in [3.63, 3.8) is 0 Å². The van der Waals surface area contributed by atoms with E-state index in [0.29, 0.717) is 16.8 Å². The highest BCUT2D eigenvalue weighted by molar-refractivity contribution is 7.99. The molecule has 0 spiro atoms. The molecule has 5 nitrogen and oxygen atoms in total. The molecule has 2 rings (SSSR count). The lowest BCUT2D eigenvalue weighted by atomic mass is 10.1. The maximum atomic E-state index is 6.10. The lowest BCUT2D eigenvalue weighted by molar-refractivity contribution is 0.685. The summed E-state index contributed by atoms with van der Waals surface area (Å²) >= 11 is 1.42. The van der Waals surface area contributed by atoms with Gasteiger partial charge in [0.2, 0.25) is 0 Å². The molecule has 1 aromatic heterocycles. The largest absolute Gasteiger partial charge is 0.383 e. The molecule has 1 atom stereocenters. The van der Waals surface area contributed by atoms with Crippen molar-refractivity contribution in [3.8, 4) is 0 Å². The summed E-state index contributed by atoms with van der Waals surface area (Å²) in [6.45, 7) is 2.06. The van der Waals surface area contributed by atoms with Crippen LogP contribution in [-0.4, -0.2) is 9.97 Å². The first-order chi connectivity index (χ1) is 9.10. The molecule has 0 radical (unpaired) electrons. The van der Waals surface area contributed by atoms with Gasteiger partial charge in [-0.15, -0.1) is 0 Å². The van der Waals surface area contributed by atoms with Crippen LogP contribution in [0.1, 0.15) is 24.9 Å². The number of nitrogen functional groups attached to an aromatic ring is 2. The second-order valence-electron chi connectivity index (χ2n) is 4.15. The third-order valence-electron chi connectivity index (χ3n) is 2.70. The lowest BCUT2D eigenvalue weighted by Crippen LogP contribution is -2.09. The summed E-state index contributed by atoms with van der Waals surface area (Å²) in [5.74, 6) is 0.736. The summed E-state index contributed by atoms with van der Waals surface area (Å²) in [4.78, 5) is 9.36. The smallest absolute Gasteiger partial charge is 0.196 e. The number of hydrogen-bond acceptors (Lipinski definition) is 6. The highest BCUT2D eigenvalue weighted by Gasteiger charge is 2.11. The fraction of sp³-hybridized carbons (Fsp3) is 0.231. The molecule has 0 aliphatic heterocycles. The van der Waals surface area contributed by atoms with E-state index >= 15 is 0 Å². The summed E-state index contributed by atoms with van der Waals surface area (Å²) in [6, 6.07) is 9.49. The van der Waals surface area contributed by atoms with E-state index in [2.05, 4.69) is 16.9 Å². The van der Waals surface area contributed by atoms with Crippen molar-refractivity contribution in [2.45, 2.75) is 29.4 Å². The molecule has 1 aromatic carbocycles. The predicted octanol–water partition coefficient (Wildman–Crippen LogP) is 2.20. The van der Waals surface area contributed by atoms with Crippen molar-refractivity contribution in [2.75, 3.05) is 11.5 Å². The summed E-state index contributed by atoms with van der Waals surface area (Å²) in [5, 5.41) is 0.535. The van der Waals surface area contributed by atoms with Gasteiger partial charge in [-0.1, -0.05) is 25.1 Å². The van der Waals surface area contributed by atoms with E-state index in [1.54, 1.807) is 0 Å². The van der Waals surface area contributed by atoms with Gasteiger partial charge in [0.15, 0.2) is 5.16 Å². The van der Waals surface area contributed by atoms with E-state index in [-0.39, 0.29) is 6.04 Å². The number of aromatic nitrogens is 2. The van der Waals surface area contributed by atoms with Crippen molar-refractivity contribution in [2.24, 2.45) is 5.73 Å². The average molecular weight is 275 g/mol. The predicted molar refractivity (Wildman–Crippen MR) is 78.6 cm³/mol. The Labute approximate surface area is 116 Å². The molecule has 0 aliphatic rings. The molecule has 6 N–H and O–H groups in total. The minimum Gasteiger partial charge on any atom is -0.383 e. The minimum atomic E-state index is 0.00195. The SMILES string of the molecule is CC[C@H](N)c1ccccc1Sc1nc(N)cc(N)n1. The number of hydrogen-bond donors (Lipinski definition) is 3. The van der Waals surface area contributed by atoms with Gasteiger partial charge < -0.3 is 17.2 Å². The topological polar surface area (TPSA) is 104 Å². The monoisotopic (exact) mass is 275 g/mol. The van der Waals surface area contributed by atoms with E-state index < -0.39 is 0 Å². The van der Waals surface area contributed by atoms with Crippen LogP contribution in [0.25, 0.3) is 0 Å². The molecule has 0 saturated heterocycles. The van der Waals surface area contributed by atoms with Gasteiger partial charge >= 0.3 is 0 Å². The van der Waals surface area contributed by atoms with Crippen LogP contribution in [-0.2, 0) is 0 Å². The van der Waals surface area contributed by atoms with Crippen LogP contribution in [0.2, 0.25) is 0 Å². The number of nitrogens with two attached hydrogens (primary N) is 3. The van der Waals surface area contributed by atoms with Crippen molar-refractivity contribution in [3.05, 3.63) is 35.9 Å². The first kappa shape index (κ1) is 13.6. The molecule has 0 bridgehead atoms. The van der Waals surface area contributed by atoms with Crippen molar-refractivity contribution in [1.29, 1.82) is 0 Å². The van der Waals surface area contributed by atoms with Gasteiger partial charge in [-0.25, -0.2) is 9.97 Å². The molecule has 0 saturated carbocycles. The third kappa shape index (κ3) is 3.36. The van der Waals surface area contributed by atoms with Crippen molar-refractivity contribution >= 4 is 23.4 Å². The van der Waals surface area contributed by atoms with Gasteiger partial charge in [-0.05, 0) is 29.8 Å². The van der Waals surface area contributed by atoms with Crippen LogP contribution < -0.4 is 17.2 Å². The fourth-order valence-corrected chi connectivity index (χ4v) is 2.69. The zero-order valence-electron chi connectivity index (χ0n) is 10.7. The Hall–Kier alpha value is -1.79. The molecule has 0 aliphatic carbocycles. The van der Waals surface area contributed by atoms with Crippen LogP contribution in [0.5, 0.6) is 0 Å². The Kier molecular flexibility index (Phi) is 4.24. The Morgan fingerprint density at radius 3 is 2.42 bits per heavy atom. The fourth-order valence-electron chi connectivity index (χ4n) is 1.71. The number of anilines is 2. The highest BCUT2D eigenvalue weighted by atomic mass is 32.2. The zero-order chi connectivity index (χ0) is 13.8. The lowest BCUT2D eigenvalue weighted by Gasteiger charge is -2.13. The van der Waals surface area contributed by atoms with Gasteiger partial charge in [0.05, 0.1) is 0 Å². The van der Waals surface area contributed by atoms with Gasteiger partial charge in [-0.3, -0.25) is 0 Å². The molecule has 0 unspecified atom stereocenters. The average Bonchev–Trinajstić information content (AvgIpc) is 2.37. The normalized spacial score (nSPS) is 12.3. The van der Waals surface area contributed by atoms with E-state index in [4.69, 9.17) is 17.2 Å². The highest BCUT2D eigenvalue weighted by Crippen LogP contribution is 2.32. The number of nitrogens with zero attached hydrogens (tertiary/aromatic N) is 2. The van der Waals surface area contributed by atoms with Crippen molar-refractivity contribution < 1.29 is 0 Å². The van der Waals surface area contributed by atoms with Crippen LogP contribution in [0.3, 0.4) is 0 Å². The molecule has 19 heavy (non-hydrogen) atoms. The first-order valence-electron chi connectivity index (χ1n) is 6.02. The Bertz CT molecular complexity index is 552. The van der Waals surface area contributed by atoms with Crippen LogP contribution in [0.4, 0.5) is 11.6 Å². The molecule has 2 aromatic rings. The molecular formula is C13H17N5S. The summed E-state index contributed by atoms with van der Waals surface area (Å²) < 4.78 is 0. The second-order valence-corrected chi connectivity index (χ2v) is 5.16. The van der Waals surface area contributed by atoms with E-state index in [0.717, 1.165) is 16.9 Å². The van der Waals surface area contributed by atoms with Crippen LogP contribution in [0.15, 0.2) is 40.4 Å². The van der Waals surface area contributed by atoms with Gasteiger partial charge in [0, 0.05) is 17.0 Å². The maximum absolute atomic E-state index is 6.10. The van der Waals surface area contributed by atoms with Gasteiger partial charge in [0.25, 0.3) is 0 Å². The quantitative estimate of drug-likeness (QED) is 0.739. The third-order valence-corrected chi connectivity index (χ3v) is 3.66. The van der Waals surface area contributed by atoms with Gasteiger partial charge in [0.1, 0.15) is 11.6 Å². The molecule has 100 valence electrons. The molecule has 0 amide bonds. The van der Waals surface area contributed by atoms with E-state index in [1.807, 2.05) is 24.3 Å². The van der Waals surface area contributed by atoms with Crippen LogP contribution >= 0.6 is 11.8 Å². The molecule has 6 heteroatoms. The summed E-state index contributed by atoms with van der Waals surface area (Å²) in [5.41, 5.74) is 18.5. The van der Waals surface area contributed by atoms with Crippen molar-refractivity contribution in [1.82, 2.24) is 9.97 Å². The second kappa shape index (κ2) is 5.90. The number of benzene rings is 1. The summed E-state index contributed by atoms with van der Waals surface area (Å²) in [7, 11) is 0. The molecule has 0 fully saturated rings. The van der Waals surface area contributed by atoms with Gasteiger partial charge in [-0.2, -0.15) is 0 Å². The Morgan fingerprint density at radius 1 is 1.16 bits per heavy atom. The Morgan fingerprint density at radius 2 is 1.79 bits per heavy atom. The maximum Gasteiger partial charge on any atom is 0.196 e. The minimum absolute atomic E-state index is 0.00195. The number of rotatable bonds is 4.